The maximum Gasteiger partial charge on any atom is 0.326 e. The van der Waals surface area contributed by atoms with Crippen LogP contribution in [0, 0.1) is 0 Å². The van der Waals surface area contributed by atoms with Crippen LogP contribution in [0.15, 0.2) is 42.5 Å². The summed E-state index contributed by atoms with van der Waals surface area (Å²) in [6, 6.07) is 12.4. The molecule has 1 aliphatic carbocycles. The van der Waals surface area contributed by atoms with Crippen LogP contribution in [0.5, 0.6) is 11.5 Å². The number of para-hydroxylation sites is 1. The number of nitrogens with one attached hydrogen (secondary N) is 5. The van der Waals surface area contributed by atoms with Crippen molar-refractivity contribution in [3.63, 3.8) is 0 Å². The number of amides is 2. The van der Waals surface area contributed by atoms with Gasteiger partial charge in [-0.15, -0.1) is 0 Å². The molecule has 0 spiro atoms. The molecule has 0 saturated heterocycles. The molecule has 2 aromatic carbocycles. The van der Waals surface area contributed by atoms with Gasteiger partial charge >= 0.3 is 6.03 Å². The third kappa shape index (κ3) is 8.55. The van der Waals surface area contributed by atoms with Gasteiger partial charge in [-0.2, -0.15) is 15.0 Å². The van der Waals surface area contributed by atoms with Crippen LogP contribution in [0.2, 0.25) is 5.02 Å². The Labute approximate surface area is 243 Å². The van der Waals surface area contributed by atoms with Crippen molar-refractivity contribution in [3.05, 3.63) is 53.1 Å². The fraction of sp³-hybridized carbons (Fsp3) is 0.370. The van der Waals surface area contributed by atoms with Crippen molar-refractivity contribution in [1.29, 1.82) is 0 Å². The van der Waals surface area contributed by atoms with Crippen LogP contribution in [-0.4, -0.2) is 52.9 Å². The van der Waals surface area contributed by atoms with Crippen molar-refractivity contribution in [3.8, 4) is 11.5 Å². The van der Waals surface area contributed by atoms with E-state index in [1.165, 1.54) is 6.42 Å². The van der Waals surface area contributed by atoms with Gasteiger partial charge in [-0.05, 0) is 61.3 Å². The number of hydrogen-bond donors (Lipinski definition) is 5. The second-order valence-electron chi connectivity index (χ2n) is 9.16. The van der Waals surface area contributed by atoms with Gasteiger partial charge in [0.05, 0.1) is 24.9 Å². The van der Waals surface area contributed by atoms with E-state index < -0.39 is 6.03 Å². The summed E-state index contributed by atoms with van der Waals surface area (Å²) in [7, 11) is 3.21. The minimum absolute atomic E-state index is 0.0634. The first kappa shape index (κ1) is 29.1. The zero-order valence-electron chi connectivity index (χ0n) is 22.4. The van der Waals surface area contributed by atoms with E-state index in [-0.39, 0.29) is 17.9 Å². The van der Waals surface area contributed by atoms with Crippen molar-refractivity contribution in [1.82, 2.24) is 20.3 Å². The predicted octanol–water partition coefficient (Wildman–Crippen LogP) is 5.46. The SMILES string of the molecule is COc1ccc(CCNC(=S)Nc2nc(NC(=O)Nc3ccccc3Cl)nc(NC3CCCCC3)n2)cc1OC. The molecule has 40 heavy (non-hydrogen) atoms. The lowest BCUT2D eigenvalue weighted by Crippen LogP contribution is -2.31. The van der Waals surface area contributed by atoms with Crippen molar-refractivity contribution < 1.29 is 14.3 Å². The Kier molecular flexibility index (Phi) is 10.5. The van der Waals surface area contributed by atoms with E-state index in [0.29, 0.717) is 46.2 Å². The van der Waals surface area contributed by atoms with Gasteiger partial charge < -0.3 is 30.7 Å². The highest BCUT2D eigenvalue weighted by Crippen LogP contribution is 2.27. The first-order chi connectivity index (χ1) is 19.4. The minimum Gasteiger partial charge on any atom is -0.493 e. The molecule has 1 aliphatic rings. The number of benzene rings is 2. The van der Waals surface area contributed by atoms with Crippen LogP contribution >= 0.6 is 23.8 Å². The molecule has 1 aromatic heterocycles. The number of urea groups is 1. The van der Waals surface area contributed by atoms with Gasteiger partial charge in [-0.25, -0.2) is 4.79 Å². The number of aromatic nitrogens is 3. The molecule has 4 rings (SSSR count). The molecule has 1 fully saturated rings. The second kappa shape index (κ2) is 14.5. The van der Waals surface area contributed by atoms with Crippen molar-refractivity contribution in [2.75, 3.05) is 42.0 Å². The molecule has 212 valence electrons. The topological polar surface area (TPSA) is 134 Å². The smallest absolute Gasteiger partial charge is 0.326 e. The summed E-state index contributed by atoms with van der Waals surface area (Å²) in [5.41, 5.74) is 1.53. The predicted molar refractivity (Wildman–Crippen MR) is 162 cm³/mol. The standard InChI is InChI=1S/C27H33ClN8O3S/c1-38-21-13-12-17(16-22(21)39-2)14-15-29-27(40)36-25-33-23(30-18-8-4-3-5-9-18)32-24(34-25)35-26(37)31-20-11-7-6-10-19(20)28/h6-7,10-13,16,18H,3-5,8-9,14-15H2,1-2H3,(H5,29,30,31,32,33,34,35,36,37,40). The number of anilines is 4. The summed E-state index contributed by atoms with van der Waals surface area (Å²) in [5, 5.41) is 15.6. The van der Waals surface area contributed by atoms with E-state index in [0.717, 1.165) is 31.2 Å². The molecule has 0 unspecified atom stereocenters. The van der Waals surface area contributed by atoms with Gasteiger partial charge in [-0.1, -0.05) is 49.1 Å². The number of hydrogen-bond acceptors (Lipinski definition) is 8. The van der Waals surface area contributed by atoms with Crippen LogP contribution < -0.4 is 36.1 Å². The number of rotatable bonds is 10. The summed E-state index contributed by atoms with van der Waals surface area (Å²) in [6.45, 7) is 0.560. The van der Waals surface area contributed by atoms with Gasteiger partial charge in [-0.3, -0.25) is 5.32 Å². The lowest BCUT2D eigenvalue weighted by atomic mass is 9.96. The lowest BCUT2D eigenvalue weighted by Gasteiger charge is -2.23. The summed E-state index contributed by atoms with van der Waals surface area (Å²) in [6.07, 6.45) is 6.27. The molecule has 5 N–H and O–H groups in total. The van der Waals surface area contributed by atoms with Crippen molar-refractivity contribution in [2.24, 2.45) is 0 Å². The van der Waals surface area contributed by atoms with Gasteiger partial charge in [0.25, 0.3) is 0 Å². The van der Waals surface area contributed by atoms with Gasteiger partial charge in [0, 0.05) is 12.6 Å². The van der Waals surface area contributed by atoms with Gasteiger partial charge in [0.2, 0.25) is 17.8 Å². The Morgan fingerprint density at radius 1 is 0.925 bits per heavy atom. The Morgan fingerprint density at radius 3 is 2.35 bits per heavy atom. The zero-order valence-corrected chi connectivity index (χ0v) is 24.0. The fourth-order valence-corrected chi connectivity index (χ4v) is 4.68. The van der Waals surface area contributed by atoms with E-state index in [4.69, 9.17) is 33.3 Å². The molecule has 0 bridgehead atoms. The monoisotopic (exact) mass is 584 g/mol. The average Bonchev–Trinajstić information content (AvgIpc) is 2.94. The number of halogens is 1. The molecule has 11 nitrogen and oxygen atoms in total. The Balaban J connectivity index is 1.40. The average molecular weight is 585 g/mol. The molecule has 0 atom stereocenters. The van der Waals surface area contributed by atoms with Crippen LogP contribution in [-0.2, 0) is 6.42 Å². The van der Waals surface area contributed by atoms with Crippen LogP contribution in [0.3, 0.4) is 0 Å². The van der Waals surface area contributed by atoms with E-state index in [1.54, 1.807) is 38.5 Å². The van der Waals surface area contributed by atoms with Gasteiger partial charge in [0.1, 0.15) is 0 Å². The van der Waals surface area contributed by atoms with Crippen molar-refractivity contribution in [2.45, 2.75) is 44.6 Å². The maximum absolute atomic E-state index is 12.7. The number of nitrogens with zero attached hydrogens (tertiary/aromatic N) is 3. The third-order valence-corrected chi connectivity index (χ3v) is 6.87. The summed E-state index contributed by atoms with van der Waals surface area (Å²) < 4.78 is 10.7. The van der Waals surface area contributed by atoms with E-state index in [1.807, 2.05) is 18.2 Å². The summed E-state index contributed by atoms with van der Waals surface area (Å²) in [5.74, 6) is 1.96. The Morgan fingerprint density at radius 2 is 1.62 bits per heavy atom. The van der Waals surface area contributed by atoms with Crippen LogP contribution in [0.4, 0.5) is 28.3 Å². The zero-order chi connectivity index (χ0) is 28.3. The van der Waals surface area contributed by atoms with E-state index >= 15 is 0 Å². The Hall–Kier alpha value is -3.90. The number of carbonyl (C=O) groups is 1. The third-order valence-electron chi connectivity index (χ3n) is 6.29. The molecular weight excluding hydrogens is 552 g/mol. The number of methoxy groups -OCH3 is 2. The van der Waals surface area contributed by atoms with Crippen LogP contribution in [0.25, 0.3) is 0 Å². The molecule has 1 heterocycles. The molecular formula is C27H33ClN8O3S. The summed E-state index contributed by atoms with van der Waals surface area (Å²) in [4.78, 5) is 25.9. The maximum atomic E-state index is 12.7. The molecule has 0 radical (unpaired) electrons. The van der Waals surface area contributed by atoms with E-state index in [2.05, 4.69) is 41.5 Å². The summed E-state index contributed by atoms with van der Waals surface area (Å²) >= 11 is 11.6. The molecule has 3 aromatic rings. The molecule has 1 saturated carbocycles. The first-order valence-corrected chi connectivity index (χ1v) is 13.8. The highest BCUT2D eigenvalue weighted by Gasteiger charge is 2.17. The largest absolute Gasteiger partial charge is 0.493 e. The highest BCUT2D eigenvalue weighted by molar-refractivity contribution is 7.80. The quantitative estimate of drug-likeness (QED) is 0.195. The van der Waals surface area contributed by atoms with Crippen LogP contribution in [0.1, 0.15) is 37.7 Å². The number of thiocarbonyl (C=S) groups is 1. The molecule has 13 heteroatoms. The first-order valence-electron chi connectivity index (χ1n) is 13.0. The number of ether oxygens (including phenoxy) is 2. The lowest BCUT2D eigenvalue weighted by molar-refractivity contribution is 0.262. The Bertz CT molecular complexity index is 1320. The second-order valence-corrected chi connectivity index (χ2v) is 9.98. The normalized spacial score (nSPS) is 13.2. The molecule has 0 aliphatic heterocycles. The van der Waals surface area contributed by atoms with E-state index in [9.17, 15) is 4.79 Å². The fourth-order valence-electron chi connectivity index (χ4n) is 4.30. The highest BCUT2D eigenvalue weighted by atomic mass is 35.5. The molecule has 2 amide bonds. The van der Waals surface area contributed by atoms with Gasteiger partial charge in [0.15, 0.2) is 16.6 Å². The van der Waals surface area contributed by atoms with Crippen molar-refractivity contribution >= 4 is 58.5 Å². The minimum atomic E-state index is -0.538. The number of carbonyl (C=O) groups excluding carboxylic acids is 1.